The number of aliphatic hydroxyl groups is 2. The van der Waals surface area contributed by atoms with Crippen molar-refractivity contribution in [3.05, 3.63) is 58.3 Å². The fraction of sp³-hybridized carbons (Fsp3) is 0.625. The van der Waals surface area contributed by atoms with Gasteiger partial charge in [-0.3, -0.25) is 14.6 Å². The average Bonchev–Trinajstić information content (AvgIpc) is 3.75. The molecule has 58 heavy (non-hydrogen) atoms. The number of nitrogens with two attached hydrogens (primary N) is 1. The molecule has 6 N–H and O–H groups in total. The number of aliphatic hydroxyl groups excluding tert-OH is 2. The number of ketones is 2. The Hall–Kier alpha value is -4.04. The van der Waals surface area contributed by atoms with Crippen LogP contribution < -0.4 is 15.8 Å². The van der Waals surface area contributed by atoms with Crippen molar-refractivity contribution >= 4 is 23.6 Å². The van der Waals surface area contributed by atoms with Gasteiger partial charge in [0.25, 0.3) is 0 Å². The molecule has 7 unspecified atom stereocenters. The van der Waals surface area contributed by atoms with Crippen LogP contribution in [0.3, 0.4) is 0 Å². The van der Waals surface area contributed by atoms with E-state index in [1.165, 1.54) is 45.6 Å². The summed E-state index contributed by atoms with van der Waals surface area (Å²) in [7, 11) is 1.51. The minimum atomic E-state index is -0.870. The number of aryl methyl sites for hydroxylation is 2. The number of Topliss-reactive ketones (excluding diaryl/α,β-unsaturated/α-hetero) is 2. The second-order valence-corrected chi connectivity index (χ2v) is 17.9. The fourth-order valence-electron chi connectivity index (χ4n) is 10.8. The highest BCUT2D eigenvalue weighted by atomic mass is 16.5. The molecule has 3 heterocycles. The molecular formula is C48H64N4O6. The third-order valence-electron chi connectivity index (χ3n) is 14.1. The molecule has 3 fully saturated rings. The summed E-state index contributed by atoms with van der Waals surface area (Å²) in [5, 5.41) is 37.8. The summed E-state index contributed by atoms with van der Waals surface area (Å²) >= 11 is 0. The number of benzene rings is 1. The molecule has 0 radical (unpaired) electrons. The number of aromatic hydroxyl groups is 1. The molecule has 312 valence electrons. The minimum absolute atomic E-state index is 0.0108. The smallest absolute Gasteiger partial charge is 0.160 e. The van der Waals surface area contributed by atoms with Gasteiger partial charge >= 0.3 is 0 Å². The predicted octanol–water partition coefficient (Wildman–Crippen LogP) is 6.90. The highest BCUT2D eigenvalue weighted by Crippen LogP contribution is 2.47. The second kappa shape index (κ2) is 19.4. The van der Waals surface area contributed by atoms with Crippen LogP contribution in [0.1, 0.15) is 137 Å². The number of anilines is 1. The Morgan fingerprint density at radius 1 is 1.00 bits per heavy atom. The molecular weight excluding hydrogens is 729 g/mol. The van der Waals surface area contributed by atoms with Crippen molar-refractivity contribution in [2.24, 2.45) is 22.7 Å². The Kier molecular flexibility index (Phi) is 14.0. The van der Waals surface area contributed by atoms with Gasteiger partial charge in [0, 0.05) is 55.6 Å². The summed E-state index contributed by atoms with van der Waals surface area (Å²) < 4.78 is 5.44. The Morgan fingerprint density at radius 3 is 2.64 bits per heavy atom. The number of rotatable bonds is 15. The van der Waals surface area contributed by atoms with E-state index in [4.69, 9.17) is 10.5 Å². The van der Waals surface area contributed by atoms with E-state index in [0.29, 0.717) is 93.1 Å². The van der Waals surface area contributed by atoms with Gasteiger partial charge in [0.05, 0.1) is 25.9 Å². The van der Waals surface area contributed by atoms with Crippen molar-refractivity contribution in [2.75, 3.05) is 19.4 Å². The fourth-order valence-corrected chi connectivity index (χ4v) is 10.8. The number of pyridine rings is 1. The lowest BCUT2D eigenvalue weighted by Gasteiger charge is -2.54. The third-order valence-corrected chi connectivity index (χ3v) is 14.1. The Morgan fingerprint density at radius 2 is 1.84 bits per heavy atom. The first-order chi connectivity index (χ1) is 28.1. The average molecular weight is 793 g/mol. The van der Waals surface area contributed by atoms with Gasteiger partial charge in [-0.15, -0.1) is 0 Å². The lowest BCUT2D eigenvalue weighted by atomic mass is 9.62. The number of carbonyl (C=O) groups is 2. The molecule has 10 nitrogen and oxygen atoms in total. The second-order valence-electron chi connectivity index (χ2n) is 17.9. The van der Waals surface area contributed by atoms with Crippen LogP contribution in [-0.4, -0.2) is 75.5 Å². The standard InChI is InChI=1S/C48H64N4O6/c1-58-46-25-34-13-18-44(56)40(43(55)8-4-3-7-37-24-35-11-16-39(54)27-42(35)52-48(37)20-5-2-6-21-48)17-12-32(41(34)28-45(46)57)9-14-38(53)15-10-33-26-47(49)51-30-36(33)23-31-19-22-50-29-31/h19,25-26,28-30,32,35,37-38,40,42-43,52-53,55,57H,2-11,13-16,18,20-24,27H2,1H3,(H2,49,51). The van der Waals surface area contributed by atoms with Crippen LogP contribution in [0.15, 0.2) is 41.0 Å². The maximum Gasteiger partial charge on any atom is 0.160 e. The third kappa shape index (κ3) is 10.2. The number of fused-ring (bicyclic) bond motifs is 2. The number of ether oxygens (including phenoxy) is 1. The summed E-state index contributed by atoms with van der Waals surface area (Å²) in [6.45, 7) is 0.698. The van der Waals surface area contributed by atoms with Gasteiger partial charge in [0.1, 0.15) is 17.5 Å². The van der Waals surface area contributed by atoms with Gasteiger partial charge in [-0.05, 0) is 128 Å². The van der Waals surface area contributed by atoms with Crippen LogP contribution >= 0.6 is 0 Å². The number of nitrogens with zero attached hydrogens (tertiary/aromatic N) is 2. The molecule has 1 saturated heterocycles. The number of aliphatic imine (C=N–C) groups is 1. The van der Waals surface area contributed by atoms with Crippen LogP contribution in [-0.2, 0) is 28.9 Å². The first-order valence-electron chi connectivity index (χ1n) is 22.1. The molecule has 0 bridgehead atoms. The zero-order valence-electron chi connectivity index (χ0n) is 34.4. The molecule has 1 spiro atoms. The molecule has 2 aliphatic heterocycles. The lowest BCUT2D eigenvalue weighted by molar-refractivity contribution is -0.124. The Bertz CT molecular complexity index is 1910. The molecule has 1 aromatic carbocycles. The molecule has 7 atom stereocenters. The van der Waals surface area contributed by atoms with E-state index in [2.05, 4.69) is 33.2 Å². The molecule has 2 saturated carbocycles. The van der Waals surface area contributed by atoms with Gasteiger partial charge in [0.2, 0.25) is 0 Å². The molecule has 0 amide bonds. The number of allylic oxidation sites excluding steroid dienone is 1. The minimum Gasteiger partial charge on any atom is -0.504 e. The number of nitrogens with one attached hydrogen (secondary N) is 1. The molecule has 10 heteroatoms. The molecule has 3 aliphatic carbocycles. The number of hydrogen-bond acceptors (Lipinski definition) is 10. The van der Waals surface area contributed by atoms with E-state index in [0.717, 1.165) is 59.9 Å². The van der Waals surface area contributed by atoms with E-state index >= 15 is 0 Å². The molecule has 1 aromatic heterocycles. The summed E-state index contributed by atoms with van der Waals surface area (Å²) in [4.78, 5) is 34.7. The Labute approximate surface area is 344 Å². The van der Waals surface area contributed by atoms with E-state index in [1.807, 2.05) is 18.5 Å². The van der Waals surface area contributed by atoms with Crippen LogP contribution in [0.5, 0.6) is 11.5 Å². The number of aromatic nitrogens is 1. The highest BCUT2D eigenvalue weighted by molar-refractivity contribution is 5.85. The lowest BCUT2D eigenvalue weighted by Crippen LogP contribution is -2.63. The van der Waals surface area contributed by atoms with Crippen molar-refractivity contribution < 1.29 is 29.6 Å². The summed E-state index contributed by atoms with van der Waals surface area (Å²) in [6, 6.07) is 5.71. The monoisotopic (exact) mass is 792 g/mol. The van der Waals surface area contributed by atoms with Crippen LogP contribution in [0, 0.1) is 29.6 Å². The predicted molar refractivity (Wildman–Crippen MR) is 227 cm³/mol. The van der Waals surface area contributed by atoms with Gasteiger partial charge in [0.15, 0.2) is 17.3 Å². The maximum atomic E-state index is 13.7. The van der Waals surface area contributed by atoms with E-state index in [9.17, 15) is 24.9 Å². The molecule has 2 aromatic rings. The highest BCUT2D eigenvalue weighted by Gasteiger charge is 2.48. The van der Waals surface area contributed by atoms with Gasteiger partial charge in [-0.1, -0.05) is 50.0 Å². The van der Waals surface area contributed by atoms with Crippen LogP contribution in [0.4, 0.5) is 5.82 Å². The number of hydrogen-bond donors (Lipinski definition) is 5. The van der Waals surface area contributed by atoms with Crippen molar-refractivity contribution in [1.29, 1.82) is 0 Å². The van der Waals surface area contributed by atoms with Gasteiger partial charge in [-0.25, -0.2) is 4.98 Å². The number of phenols is 1. The largest absolute Gasteiger partial charge is 0.504 e. The normalized spacial score (nSPS) is 26.3. The number of methoxy groups -OCH3 is 1. The summed E-state index contributed by atoms with van der Waals surface area (Å²) in [5.74, 6) is 7.74. The quantitative estimate of drug-likeness (QED) is 0.0953. The summed E-state index contributed by atoms with van der Waals surface area (Å²) in [5.41, 5.74) is 11.2. The van der Waals surface area contributed by atoms with Gasteiger partial charge < -0.3 is 31.1 Å². The number of nitrogen functional groups attached to an aromatic ring is 1. The van der Waals surface area contributed by atoms with E-state index in [-0.39, 0.29) is 29.4 Å². The molecule has 5 aliphatic rings. The number of piperidine rings is 1. The number of unbranched alkanes of at least 4 members (excludes halogenated alkanes) is 1. The van der Waals surface area contributed by atoms with Gasteiger partial charge in [-0.2, -0.15) is 0 Å². The van der Waals surface area contributed by atoms with Crippen molar-refractivity contribution in [3.8, 4) is 23.3 Å². The summed E-state index contributed by atoms with van der Waals surface area (Å²) in [6.07, 6.45) is 21.0. The Balaban J connectivity index is 0.994. The molecule has 7 rings (SSSR count). The van der Waals surface area contributed by atoms with Crippen molar-refractivity contribution in [1.82, 2.24) is 10.3 Å². The maximum absolute atomic E-state index is 13.7. The SMILES string of the molecule is COc1cc2c(cc1O)C(CCC(O)CCc1cc(N)ncc1CC1=CCN=C1)C#CC(C(O)CCCCC1CC3CCC(=O)CC3NC13CCCCC3)C(=O)CC2. The number of phenolic OH excluding ortho intramolecular Hbond substituents is 1. The van der Waals surface area contributed by atoms with Crippen LogP contribution in [0.2, 0.25) is 0 Å². The van der Waals surface area contributed by atoms with Crippen LogP contribution in [0.25, 0.3) is 0 Å². The van der Waals surface area contributed by atoms with Crippen molar-refractivity contribution in [3.63, 3.8) is 0 Å². The number of carbonyl (C=O) groups excluding carboxylic acids is 2. The topological polar surface area (TPSA) is 167 Å². The zero-order chi connectivity index (χ0) is 40.6. The zero-order valence-corrected chi connectivity index (χ0v) is 34.4. The first-order valence-corrected chi connectivity index (χ1v) is 22.1. The van der Waals surface area contributed by atoms with E-state index in [1.54, 1.807) is 12.1 Å². The van der Waals surface area contributed by atoms with E-state index < -0.39 is 18.1 Å². The van der Waals surface area contributed by atoms with Crippen molar-refractivity contribution in [2.45, 2.75) is 158 Å². The first kappa shape index (κ1) is 42.1.